The van der Waals surface area contributed by atoms with Gasteiger partial charge in [0.05, 0.1) is 17.8 Å². The van der Waals surface area contributed by atoms with Gasteiger partial charge in [0, 0.05) is 12.0 Å². The zero-order valence-corrected chi connectivity index (χ0v) is 13.1. The summed E-state index contributed by atoms with van der Waals surface area (Å²) in [5.41, 5.74) is 1.78. The van der Waals surface area contributed by atoms with Crippen LogP contribution in [0.5, 0.6) is 0 Å². The van der Waals surface area contributed by atoms with Gasteiger partial charge in [-0.3, -0.25) is 0 Å². The third kappa shape index (κ3) is 3.27. The van der Waals surface area contributed by atoms with Crippen molar-refractivity contribution in [2.24, 2.45) is 0 Å². The number of thioether (sulfide) groups is 1. The fraction of sp³-hybridized carbons (Fsp3) is 0.533. The number of aryl methyl sites for hydroxylation is 1. The summed E-state index contributed by atoms with van der Waals surface area (Å²) < 4.78 is 5.22. The predicted molar refractivity (Wildman–Crippen MR) is 83.6 cm³/mol. The maximum Gasteiger partial charge on any atom is 0.319 e. The molecule has 0 bridgehead atoms. The number of nitrogens with one attached hydrogen (secondary N) is 2. The van der Waals surface area contributed by atoms with Crippen LogP contribution < -0.4 is 10.6 Å². The van der Waals surface area contributed by atoms with Crippen molar-refractivity contribution in [1.29, 1.82) is 0 Å². The van der Waals surface area contributed by atoms with Gasteiger partial charge in [-0.1, -0.05) is 12.1 Å². The zero-order valence-electron chi connectivity index (χ0n) is 12.3. The van der Waals surface area contributed by atoms with Crippen molar-refractivity contribution in [3.05, 3.63) is 23.8 Å². The molecule has 2 N–H and O–H groups in total. The lowest BCUT2D eigenvalue weighted by Gasteiger charge is -2.41. The highest BCUT2D eigenvalue weighted by molar-refractivity contribution is 7.98. The SMILES string of the molecule is COCC1(NC(=O)Nc2c(C)cccc2SC)CCC1. The van der Waals surface area contributed by atoms with E-state index in [2.05, 4.69) is 10.6 Å². The molecule has 0 saturated heterocycles. The number of anilines is 1. The van der Waals surface area contributed by atoms with Gasteiger partial charge in [0.15, 0.2) is 0 Å². The molecule has 0 heterocycles. The minimum atomic E-state index is -0.180. The molecule has 1 saturated carbocycles. The molecule has 4 nitrogen and oxygen atoms in total. The van der Waals surface area contributed by atoms with Gasteiger partial charge in [-0.15, -0.1) is 11.8 Å². The number of carbonyl (C=O) groups is 1. The summed E-state index contributed by atoms with van der Waals surface area (Å²) in [7, 11) is 1.67. The molecule has 2 amide bonds. The molecule has 0 spiro atoms. The van der Waals surface area contributed by atoms with Gasteiger partial charge in [-0.25, -0.2) is 4.79 Å². The van der Waals surface area contributed by atoms with Gasteiger partial charge >= 0.3 is 6.03 Å². The highest BCUT2D eigenvalue weighted by Crippen LogP contribution is 2.33. The van der Waals surface area contributed by atoms with Crippen molar-refractivity contribution < 1.29 is 9.53 Å². The van der Waals surface area contributed by atoms with E-state index in [0.29, 0.717) is 6.61 Å². The molecule has 20 heavy (non-hydrogen) atoms. The standard InChI is InChI=1S/C15H22N2O2S/c1-11-6-4-7-12(20-3)13(11)16-14(18)17-15(10-19-2)8-5-9-15/h4,6-7H,5,8-10H2,1-3H3,(H2,16,17,18). The lowest BCUT2D eigenvalue weighted by atomic mass is 9.77. The second-order valence-electron chi connectivity index (χ2n) is 5.30. The van der Waals surface area contributed by atoms with E-state index in [0.717, 1.165) is 35.4 Å². The maximum absolute atomic E-state index is 12.2. The van der Waals surface area contributed by atoms with E-state index in [9.17, 15) is 4.79 Å². The normalized spacial score (nSPS) is 16.4. The summed E-state index contributed by atoms with van der Waals surface area (Å²) in [5.74, 6) is 0. The Morgan fingerprint density at radius 2 is 2.20 bits per heavy atom. The molecule has 2 rings (SSSR count). The van der Waals surface area contributed by atoms with Gasteiger partial charge in [0.25, 0.3) is 0 Å². The number of urea groups is 1. The molecule has 0 aliphatic heterocycles. The summed E-state index contributed by atoms with van der Waals surface area (Å²) in [6, 6.07) is 5.87. The Hall–Kier alpha value is -1.20. The number of carbonyl (C=O) groups excluding carboxylic acids is 1. The molecule has 0 atom stereocenters. The van der Waals surface area contributed by atoms with Crippen LogP contribution in [0.25, 0.3) is 0 Å². The number of benzene rings is 1. The third-order valence-corrected chi connectivity index (χ3v) is 4.58. The van der Waals surface area contributed by atoms with Crippen LogP contribution >= 0.6 is 11.8 Å². The quantitative estimate of drug-likeness (QED) is 0.818. The second-order valence-corrected chi connectivity index (χ2v) is 6.15. The summed E-state index contributed by atoms with van der Waals surface area (Å²) in [6.45, 7) is 2.58. The average Bonchev–Trinajstić information content (AvgIpc) is 2.38. The molecule has 1 aliphatic rings. The van der Waals surface area contributed by atoms with E-state index in [-0.39, 0.29) is 11.6 Å². The Bertz CT molecular complexity index is 487. The number of rotatable bonds is 5. The Kier molecular flexibility index (Phi) is 4.94. The van der Waals surface area contributed by atoms with Crippen molar-refractivity contribution in [2.45, 2.75) is 36.6 Å². The van der Waals surface area contributed by atoms with Crippen LogP contribution in [-0.4, -0.2) is 31.5 Å². The van der Waals surface area contributed by atoms with Gasteiger partial charge in [0.2, 0.25) is 0 Å². The first-order chi connectivity index (χ1) is 9.60. The van der Waals surface area contributed by atoms with Crippen molar-refractivity contribution in [1.82, 2.24) is 5.32 Å². The third-order valence-electron chi connectivity index (χ3n) is 3.80. The van der Waals surface area contributed by atoms with Gasteiger partial charge in [-0.2, -0.15) is 0 Å². The highest BCUT2D eigenvalue weighted by Gasteiger charge is 2.38. The maximum atomic E-state index is 12.2. The van der Waals surface area contributed by atoms with Crippen LogP contribution in [0.2, 0.25) is 0 Å². The number of hydrogen-bond acceptors (Lipinski definition) is 3. The molecule has 5 heteroatoms. The van der Waals surface area contributed by atoms with E-state index < -0.39 is 0 Å². The van der Waals surface area contributed by atoms with Crippen LogP contribution in [0.1, 0.15) is 24.8 Å². The average molecular weight is 294 g/mol. The summed E-state index contributed by atoms with van der Waals surface area (Å²) in [6.07, 6.45) is 5.12. The molecule has 0 aromatic heterocycles. The molecular weight excluding hydrogens is 272 g/mol. The molecule has 1 aromatic carbocycles. The first kappa shape index (κ1) is 15.2. The molecule has 0 radical (unpaired) electrons. The van der Waals surface area contributed by atoms with Crippen LogP contribution in [0.3, 0.4) is 0 Å². The Labute approximate surface area is 124 Å². The predicted octanol–water partition coefficient (Wildman–Crippen LogP) is 3.41. The van der Waals surface area contributed by atoms with Gasteiger partial charge in [-0.05, 0) is 44.1 Å². The first-order valence-corrected chi connectivity index (χ1v) is 8.04. The fourth-order valence-electron chi connectivity index (χ4n) is 2.54. The first-order valence-electron chi connectivity index (χ1n) is 6.82. The van der Waals surface area contributed by atoms with Gasteiger partial charge in [0.1, 0.15) is 0 Å². The number of amides is 2. The van der Waals surface area contributed by atoms with Crippen LogP contribution in [0, 0.1) is 6.92 Å². The Morgan fingerprint density at radius 3 is 2.75 bits per heavy atom. The van der Waals surface area contributed by atoms with E-state index >= 15 is 0 Å². The van der Waals surface area contributed by atoms with Crippen molar-refractivity contribution in [3.8, 4) is 0 Å². The fourth-order valence-corrected chi connectivity index (χ4v) is 3.17. The lowest BCUT2D eigenvalue weighted by Crippen LogP contribution is -2.57. The topological polar surface area (TPSA) is 50.4 Å². The monoisotopic (exact) mass is 294 g/mol. The molecular formula is C15H22N2O2S. The van der Waals surface area contributed by atoms with Crippen molar-refractivity contribution in [2.75, 3.05) is 25.3 Å². The van der Waals surface area contributed by atoms with E-state index in [1.54, 1.807) is 18.9 Å². The minimum Gasteiger partial charge on any atom is -0.382 e. The molecule has 0 unspecified atom stereocenters. The summed E-state index contributed by atoms with van der Waals surface area (Å²) in [5, 5.41) is 6.06. The number of hydrogen-bond donors (Lipinski definition) is 2. The van der Waals surface area contributed by atoms with Crippen LogP contribution in [-0.2, 0) is 4.74 Å². The van der Waals surface area contributed by atoms with Crippen molar-refractivity contribution >= 4 is 23.5 Å². The zero-order chi connectivity index (χ0) is 14.6. The number of ether oxygens (including phenoxy) is 1. The Balaban J connectivity index is 2.05. The Morgan fingerprint density at radius 1 is 1.45 bits per heavy atom. The number of para-hydroxylation sites is 1. The molecule has 1 aliphatic carbocycles. The van der Waals surface area contributed by atoms with Crippen LogP contribution in [0.15, 0.2) is 23.1 Å². The van der Waals surface area contributed by atoms with Crippen LogP contribution in [0.4, 0.5) is 10.5 Å². The lowest BCUT2D eigenvalue weighted by molar-refractivity contribution is 0.0648. The second kappa shape index (κ2) is 6.50. The van der Waals surface area contributed by atoms with Crippen molar-refractivity contribution in [3.63, 3.8) is 0 Å². The van der Waals surface area contributed by atoms with E-state index in [1.807, 2.05) is 31.4 Å². The van der Waals surface area contributed by atoms with E-state index in [4.69, 9.17) is 4.74 Å². The molecule has 110 valence electrons. The molecule has 1 fully saturated rings. The largest absolute Gasteiger partial charge is 0.382 e. The number of methoxy groups -OCH3 is 1. The highest BCUT2D eigenvalue weighted by atomic mass is 32.2. The smallest absolute Gasteiger partial charge is 0.319 e. The molecule has 1 aromatic rings. The minimum absolute atomic E-state index is 0.147. The van der Waals surface area contributed by atoms with E-state index in [1.165, 1.54) is 0 Å². The summed E-state index contributed by atoms with van der Waals surface area (Å²) in [4.78, 5) is 13.3. The van der Waals surface area contributed by atoms with Gasteiger partial charge < -0.3 is 15.4 Å². The summed E-state index contributed by atoms with van der Waals surface area (Å²) >= 11 is 1.63.